The third-order valence-electron chi connectivity index (χ3n) is 3.10. The summed E-state index contributed by atoms with van der Waals surface area (Å²) in [6.07, 6.45) is -0.458. The lowest BCUT2D eigenvalue weighted by molar-refractivity contribution is 0.120. The van der Waals surface area contributed by atoms with Gasteiger partial charge in [0.05, 0.1) is 6.10 Å². The average molecular weight is 264 g/mol. The summed E-state index contributed by atoms with van der Waals surface area (Å²) < 4.78 is 5.93. The highest BCUT2D eigenvalue weighted by molar-refractivity contribution is 5.48. The SMILES string of the molecule is CC(O)COc1c(C(C)(C)C)cccc1C(C)(C)C. The van der Waals surface area contributed by atoms with E-state index in [1.807, 2.05) is 0 Å². The highest BCUT2D eigenvalue weighted by atomic mass is 16.5. The van der Waals surface area contributed by atoms with E-state index >= 15 is 0 Å². The molecule has 108 valence electrons. The van der Waals surface area contributed by atoms with E-state index in [1.54, 1.807) is 6.92 Å². The molecule has 1 unspecified atom stereocenters. The van der Waals surface area contributed by atoms with Gasteiger partial charge in [0.25, 0.3) is 0 Å². The maximum Gasteiger partial charge on any atom is 0.126 e. The summed E-state index contributed by atoms with van der Waals surface area (Å²) in [6.45, 7) is 15.2. The van der Waals surface area contributed by atoms with Crippen LogP contribution < -0.4 is 4.74 Å². The second kappa shape index (κ2) is 5.54. The van der Waals surface area contributed by atoms with Crippen LogP contribution in [0.15, 0.2) is 18.2 Å². The van der Waals surface area contributed by atoms with Crippen molar-refractivity contribution in [3.63, 3.8) is 0 Å². The Morgan fingerprint density at radius 2 is 1.42 bits per heavy atom. The van der Waals surface area contributed by atoms with E-state index in [-0.39, 0.29) is 10.8 Å². The van der Waals surface area contributed by atoms with Gasteiger partial charge in [-0.15, -0.1) is 0 Å². The maximum atomic E-state index is 9.48. The third-order valence-corrected chi connectivity index (χ3v) is 3.10. The molecule has 19 heavy (non-hydrogen) atoms. The molecule has 0 heterocycles. The number of aliphatic hydroxyl groups excluding tert-OH is 1. The Kier molecular flexibility index (Phi) is 4.67. The summed E-state index contributed by atoms with van der Waals surface area (Å²) in [4.78, 5) is 0. The molecule has 1 N–H and O–H groups in total. The van der Waals surface area contributed by atoms with Crippen molar-refractivity contribution in [2.75, 3.05) is 6.61 Å². The predicted octanol–water partition coefficient (Wildman–Crippen LogP) is 4.04. The summed E-state index contributed by atoms with van der Waals surface area (Å²) in [6, 6.07) is 6.33. The van der Waals surface area contributed by atoms with Crippen LogP contribution in [-0.2, 0) is 10.8 Å². The van der Waals surface area contributed by atoms with Gasteiger partial charge in [0.15, 0.2) is 0 Å². The summed E-state index contributed by atoms with van der Waals surface area (Å²) in [5.41, 5.74) is 2.44. The van der Waals surface area contributed by atoms with Gasteiger partial charge < -0.3 is 9.84 Å². The van der Waals surface area contributed by atoms with Crippen LogP contribution in [0.1, 0.15) is 59.6 Å². The largest absolute Gasteiger partial charge is 0.490 e. The van der Waals surface area contributed by atoms with E-state index in [0.717, 1.165) is 5.75 Å². The first-order valence-electron chi connectivity index (χ1n) is 6.98. The number of aliphatic hydroxyl groups is 1. The first kappa shape index (κ1) is 16.0. The van der Waals surface area contributed by atoms with Crippen molar-refractivity contribution >= 4 is 0 Å². The molecule has 2 heteroatoms. The van der Waals surface area contributed by atoms with Gasteiger partial charge in [0, 0.05) is 0 Å². The van der Waals surface area contributed by atoms with Crippen LogP contribution in [0.25, 0.3) is 0 Å². The Morgan fingerprint density at radius 3 is 1.74 bits per heavy atom. The van der Waals surface area contributed by atoms with Gasteiger partial charge in [-0.25, -0.2) is 0 Å². The number of hydrogen-bond acceptors (Lipinski definition) is 2. The summed E-state index contributed by atoms with van der Waals surface area (Å²) in [5, 5.41) is 9.48. The smallest absolute Gasteiger partial charge is 0.126 e. The van der Waals surface area contributed by atoms with Gasteiger partial charge in [0.1, 0.15) is 12.4 Å². The van der Waals surface area contributed by atoms with Gasteiger partial charge in [-0.1, -0.05) is 59.7 Å². The Morgan fingerprint density at radius 1 is 1.00 bits per heavy atom. The van der Waals surface area contributed by atoms with E-state index in [1.165, 1.54) is 11.1 Å². The van der Waals surface area contributed by atoms with Crippen molar-refractivity contribution in [3.05, 3.63) is 29.3 Å². The molecule has 0 amide bonds. The minimum absolute atomic E-state index is 0.0231. The molecule has 1 atom stereocenters. The van der Waals surface area contributed by atoms with Crippen LogP contribution >= 0.6 is 0 Å². The molecule has 1 rings (SSSR count). The monoisotopic (exact) mass is 264 g/mol. The molecule has 0 fully saturated rings. The molecular formula is C17H28O2. The van der Waals surface area contributed by atoms with E-state index < -0.39 is 6.10 Å². The second-order valence-electron chi connectivity index (χ2n) is 7.34. The summed E-state index contributed by atoms with van der Waals surface area (Å²) in [7, 11) is 0. The number of ether oxygens (including phenoxy) is 1. The quantitative estimate of drug-likeness (QED) is 0.892. The second-order valence-corrected chi connectivity index (χ2v) is 7.34. The minimum Gasteiger partial charge on any atom is -0.490 e. The molecule has 1 aromatic rings. The van der Waals surface area contributed by atoms with Crippen LogP contribution in [0, 0.1) is 0 Å². The zero-order valence-corrected chi connectivity index (χ0v) is 13.4. The van der Waals surface area contributed by atoms with Crippen molar-refractivity contribution in [1.82, 2.24) is 0 Å². The van der Waals surface area contributed by atoms with Crippen molar-refractivity contribution in [2.45, 2.75) is 65.4 Å². The fourth-order valence-electron chi connectivity index (χ4n) is 2.08. The zero-order chi connectivity index (χ0) is 14.8. The fourth-order valence-corrected chi connectivity index (χ4v) is 2.08. The van der Waals surface area contributed by atoms with Crippen molar-refractivity contribution in [2.24, 2.45) is 0 Å². The first-order valence-corrected chi connectivity index (χ1v) is 6.98. The summed E-state index contributed by atoms with van der Waals surface area (Å²) in [5.74, 6) is 0.934. The van der Waals surface area contributed by atoms with Gasteiger partial charge in [-0.2, -0.15) is 0 Å². The van der Waals surface area contributed by atoms with E-state index in [0.29, 0.717) is 6.61 Å². The number of rotatable bonds is 3. The topological polar surface area (TPSA) is 29.5 Å². The lowest BCUT2D eigenvalue weighted by Gasteiger charge is -2.29. The van der Waals surface area contributed by atoms with E-state index in [2.05, 4.69) is 59.7 Å². The van der Waals surface area contributed by atoms with Crippen LogP contribution in [-0.4, -0.2) is 17.8 Å². The molecule has 0 bridgehead atoms. The van der Waals surface area contributed by atoms with E-state index in [4.69, 9.17) is 4.74 Å². The van der Waals surface area contributed by atoms with Crippen molar-refractivity contribution in [3.8, 4) is 5.75 Å². The normalized spacial score (nSPS) is 14.3. The standard InChI is InChI=1S/C17H28O2/c1-12(18)11-19-15-13(16(2,3)4)9-8-10-14(15)17(5,6)7/h8-10,12,18H,11H2,1-7H3. The number of hydrogen-bond donors (Lipinski definition) is 1. The Labute approximate surface area is 117 Å². The van der Waals surface area contributed by atoms with Crippen molar-refractivity contribution < 1.29 is 9.84 Å². The molecule has 0 aliphatic heterocycles. The zero-order valence-electron chi connectivity index (χ0n) is 13.4. The minimum atomic E-state index is -0.458. The molecule has 0 radical (unpaired) electrons. The Bertz CT molecular complexity index is 388. The third kappa shape index (κ3) is 4.24. The molecule has 0 saturated carbocycles. The Hall–Kier alpha value is -1.02. The molecule has 0 saturated heterocycles. The lowest BCUT2D eigenvalue weighted by atomic mass is 9.79. The molecular weight excluding hydrogens is 236 g/mol. The van der Waals surface area contributed by atoms with Gasteiger partial charge in [-0.3, -0.25) is 0 Å². The molecule has 0 aliphatic carbocycles. The Balaban J connectivity index is 3.33. The van der Waals surface area contributed by atoms with E-state index in [9.17, 15) is 5.11 Å². The van der Waals surface area contributed by atoms with Gasteiger partial charge in [-0.05, 0) is 28.9 Å². The number of benzene rings is 1. The lowest BCUT2D eigenvalue weighted by Crippen LogP contribution is -2.22. The van der Waals surface area contributed by atoms with Gasteiger partial charge >= 0.3 is 0 Å². The first-order chi connectivity index (χ1) is 8.53. The fraction of sp³-hybridized carbons (Fsp3) is 0.647. The van der Waals surface area contributed by atoms with Crippen LogP contribution in [0.5, 0.6) is 5.75 Å². The molecule has 1 aromatic carbocycles. The van der Waals surface area contributed by atoms with Crippen LogP contribution in [0.3, 0.4) is 0 Å². The predicted molar refractivity (Wildman–Crippen MR) is 81.0 cm³/mol. The molecule has 0 spiro atoms. The van der Waals surface area contributed by atoms with Crippen molar-refractivity contribution in [1.29, 1.82) is 0 Å². The molecule has 0 aliphatic rings. The molecule has 0 aromatic heterocycles. The van der Waals surface area contributed by atoms with Gasteiger partial charge in [0.2, 0.25) is 0 Å². The van der Waals surface area contributed by atoms with Crippen LogP contribution in [0.2, 0.25) is 0 Å². The summed E-state index contributed by atoms with van der Waals surface area (Å²) >= 11 is 0. The highest BCUT2D eigenvalue weighted by Gasteiger charge is 2.26. The maximum absolute atomic E-state index is 9.48. The average Bonchev–Trinajstić information content (AvgIpc) is 2.23. The molecule has 2 nitrogen and oxygen atoms in total. The number of para-hydroxylation sites is 1. The van der Waals surface area contributed by atoms with Crippen LogP contribution in [0.4, 0.5) is 0 Å². The highest BCUT2D eigenvalue weighted by Crippen LogP contribution is 2.39.